The lowest BCUT2D eigenvalue weighted by Crippen LogP contribution is -2.33. The maximum absolute atomic E-state index is 11.7. The van der Waals surface area contributed by atoms with Crippen molar-refractivity contribution < 1.29 is 14.1 Å². The number of aromatic nitrogens is 1. The van der Waals surface area contributed by atoms with Crippen molar-refractivity contribution >= 4 is 16.7 Å². The van der Waals surface area contributed by atoms with Crippen LogP contribution in [-0.2, 0) is 10.8 Å². The van der Waals surface area contributed by atoms with Gasteiger partial charge < -0.3 is 10.4 Å². The SMILES string of the molecule is CC(CNC(=O)c1ccc(C#CCO)cn1)S(C)=O. The minimum Gasteiger partial charge on any atom is -0.384 e. The third-order valence-corrected chi connectivity index (χ3v) is 3.72. The van der Waals surface area contributed by atoms with Gasteiger partial charge in [-0.2, -0.15) is 0 Å². The Balaban J connectivity index is 2.60. The van der Waals surface area contributed by atoms with Gasteiger partial charge in [0.1, 0.15) is 12.3 Å². The Morgan fingerprint density at radius 3 is 2.84 bits per heavy atom. The van der Waals surface area contributed by atoms with Gasteiger partial charge in [0.25, 0.3) is 5.91 Å². The van der Waals surface area contributed by atoms with Crippen molar-refractivity contribution in [3.63, 3.8) is 0 Å². The van der Waals surface area contributed by atoms with Gasteiger partial charge in [-0.05, 0) is 19.1 Å². The Bertz CT molecular complexity index is 517. The van der Waals surface area contributed by atoms with Crippen LogP contribution in [0.3, 0.4) is 0 Å². The highest BCUT2D eigenvalue weighted by molar-refractivity contribution is 7.84. The van der Waals surface area contributed by atoms with Crippen LogP contribution in [0.1, 0.15) is 23.0 Å². The topological polar surface area (TPSA) is 79.3 Å². The summed E-state index contributed by atoms with van der Waals surface area (Å²) >= 11 is 0. The summed E-state index contributed by atoms with van der Waals surface area (Å²) in [5.41, 5.74) is 0.914. The molecule has 1 heterocycles. The maximum Gasteiger partial charge on any atom is 0.269 e. The number of hydrogen-bond acceptors (Lipinski definition) is 4. The van der Waals surface area contributed by atoms with Crippen molar-refractivity contribution in [1.29, 1.82) is 0 Å². The van der Waals surface area contributed by atoms with Crippen molar-refractivity contribution in [2.24, 2.45) is 0 Å². The predicted molar refractivity (Wildman–Crippen MR) is 74.1 cm³/mol. The first-order valence-electron chi connectivity index (χ1n) is 5.70. The average Bonchev–Trinajstić information content (AvgIpc) is 2.42. The minimum absolute atomic E-state index is 0.0985. The molecule has 6 heteroatoms. The van der Waals surface area contributed by atoms with Gasteiger partial charge in [0.2, 0.25) is 0 Å². The molecule has 0 aliphatic carbocycles. The van der Waals surface area contributed by atoms with Crippen molar-refractivity contribution in [3.8, 4) is 11.8 Å². The number of hydrogen-bond donors (Lipinski definition) is 2. The molecule has 5 nitrogen and oxygen atoms in total. The Morgan fingerprint density at radius 1 is 1.58 bits per heavy atom. The molecule has 0 bridgehead atoms. The fourth-order valence-electron chi connectivity index (χ4n) is 1.19. The van der Waals surface area contributed by atoms with E-state index in [1.165, 1.54) is 6.20 Å². The molecule has 0 saturated carbocycles. The highest BCUT2D eigenvalue weighted by Crippen LogP contribution is 1.99. The van der Waals surface area contributed by atoms with Crippen LogP contribution in [0.2, 0.25) is 0 Å². The fourth-order valence-corrected chi connectivity index (χ4v) is 1.51. The lowest BCUT2D eigenvalue weighted by atomic mass is 10.2. The molecule has 1 rings (SSSR count). The predicted octanol–water partition coefficient (Wildman–Crippen LogP) is -0.0778. The van der Waals surface area contributed by atoms with E-state index in [1.807, 2.05) is 0 Å². The summed E-state index contributed by atoms with van der Waals surface area (Å²) in [6.45, 7) is 1.93. The molecule has 0 aromatic carbocycles. The zero-order chi connectivity index (χ0) is 14.3. The standard InChI is InChI=1S/C13H16N2O3S/c1-10(19(2)18)8-15-13(17)12-6-5-11(9-14-12)4-3-7-16/h5-6,9-10,16H,7-8H2,1-2H3,(H,15,17). The van der Waals surface area contributed by atoms with E-state index >= 15 is 0 Å². The van der Waals surface area contributed by atoms with Crippen LogP contribution in [-0.4, -0.2) is 44.9 Å². The Kier molecular flexibility index (Phi) is 6.19. The second-order valence-electron chi connectivity index (χ2n) is 3.91. The van der Waals surface area contributed by atoms with Gasteiger partial charge in [-0.1, -0.05) is 11.8 Å². The summed E-state index contributed by atoms with van der Waals surface area (Å²) in [5, 5.41) is 11.1. The van der Waals surface area contributed by atoms with E-state index in [9.17, 15) is 9.00 Å². The van der Waals surface area contributed by atoms with E-state index in [4.69, 9.17) is 5.11 Å². The van der Waals surface area contributed by atoms with E-state index < -0.39 is 10.8 Å². The molecule has 19 heavy (non-hydrogen) atoms. The third kappa shape index (κ3) is 5.20. The summed E-state index contributed by atoms with van der Waals surface area (Å²) in [5.74, 6) is 4.88. The van der Waals surface area contributed by atoms with Gasteiger partial charge in [0, 0.05) is 40.6 Å². The minimum atomic E-state index is -0.968. The second-order valence-corrected chi connectivity index (χ2v) is 5.71. The smallest absolute Gasteiger partial charge is 0.269 e. The molecular formula is C13H16N2O3S. The summed E-state index contributed by atoms with van der Waals surface area (Å²) in [7, 11) is -0.968. The molecule has 1 aromatic rings. The molecule has 0 saturated heterocycles. The number of aliphatic hydroxyl groups excluding tert-OH is 1. The number of nitrogens with one attached hydrogen (secondary N) is 1. The summed E-state index contributed by atoms with van der Waals surface area (Å²) in [6.07, 6.45) is 3.07. The van der Waals surface area contributed by atoms with Gasteiger partial charge >= 0.3 is 0 Å². The lowest BCUT2D eigenvalue weighted by molar-refractivity contribution is 0.0949. The van der Waals surface area contributed by atoms with Crippen LogP contribution in [0.25, 0.3) is 0 Å². The van der Waals surface area contributed by atoms with E-state index in [0.29, 0.717) is 12.1 Å². The molecular weight excluding hydrogens is 264 g/mol. The first kappa shape index (κ1) is 15.3. The average molecular weight is 280 g/mol. The Hall–Kier alpha value is -1.71. The summed E-state index contributed by atoms with van der Waals surface area (Å²) in [4.78, 5) is 15.7. The van der Waals surface area contributed by atoms with Gasteiger partial charge in [-0.15, -0.1) is 0 Å². The summed E-state index contributed by atoms with van der Waals surface area (Å²) < 4.78 is 11.1. The molecule has 0 fully saturated rings. The molecule has 2 N–H and O–H groups in total. The van der Waals surface area contributed by atoms with Crippen LogP contribution in [0, 0.1) is 11.8 Å². The fraction of sp³-hybridized carbons (Fsp3) is 0.385. The van der Waals surface area contributed by atoms with Gasteiger partial charge in [-0.25, -0.2) is 4.98 Å². The van der Waals surface area contributed by atoms with Gasteiger partial charge in [0.05, 0.1) is 0 Å². The third-order valence-electron chi connectivity index (χ3n) is 2.42. The molecule has 1 amide bonds. The first-order valence-corrected chi connectivity index (χ1v) is 7.33. The van der Waals surface area contributed by atoms with Crippen molar-refractivity contribution in [1.82, 2.24) is 10.3 Å². The highest BCUT2D eigenvalue weighted by Gasteiger charge is 2.10. The monoisotopic (exact) mass is 280 g/mol. The molecule has 0 aliphatic rings. The summed E-state index contributed by atoms with van der Waals surface area (Å²) in [6, 6.07) is 3.22. The maximum atomic E-state index is 11.7. The number of rotatable bonds is 4. The normalized spacial score (nSPS) is 13.0. The molecule has 2 unspecified atom stereocenters. The van der Waals surface area contributed by atoms with E-state index in [0.717, 1.165) is 0 Å². The largest absolute Gasteiger partial charge is 0.384 e. The highest BCUT2D eigenvalue weighted by atomic mass is 32.2. The number of carbonyl (C=O) groups is 1. The van der Waals surface area contributed by atoms with E-state index in [-0.39, 0.29) is 23.5 Å². The molecule has 0 radical (unpaired) electrons. The van der Waals surface area contributed by atoms with Gasteiger partial charge in [0.15, 0.2) is 0 Å². The second kappa shape index (κ2) is 7.67. The van der Waals surface area contributed by atoms with Crippen molar-refractivity contribution in [3.05, 3.63) is 29.6 Å². The zero-order valence-electron chi connectivity index (χ0n) is 10.8. The molecule has 0 spiro atoms. The quantitative estimate of drug-likeness (QED) is 0.756. The number of aliphatic hydroxyl groups is 1. The van der Waals surface area contributed by atoms with Crippen LogP contribution < -0.4 is 5.32 Å². The van der Waals surface area contributed by atoms with Crippen LogP contribution in [0.5, 0.6) is 0 Å². The van der Waals surface area contributed by atoms with Crippen LogP contribution in [0.4, 0.5) is 0 Å². The number of nitrogens with zero attached hydrogens (tertiary/aromatic N) is 1. The van der Waals surface area contributed by atoms with E-state index in [1.54, 1.807) is 25.3 Å². The first-order chi connectivity index (χ1) is 9.04. The Morgan fingerprint density at radius 2 is 2.32 bits per heavy atom. The number of amides is 1. The molecule has 1 aromatic heterocycles. The van der Waals surface area contributed by atoms with E-state index in [2.05, 4.69) is 22.1 Å². The van der Waals surface area contributed by atoms with Crippen LogP contribution in [0.15, 0.2) is 18.3 Å². The molecule has 102 valence electrons. The van der Waals surface area contributed by atoms with Gasteiger partial charge in [-0.3, -0.25) is 9.00 Å². The lowest BCUT2D eigenvalue weighted by Gasteiger charge is -2.09. The number of carbonyl (C=O) groups excluding carboxylic acids is 1. The molecule has 2 atom stereocenters. The number of pyridine rings is 1. The van der Waals surface area contributed by atoms with Crippen molar-refractivity contribution in [2.45, 2.75) is 12.2 Å². The molecule has 0 aliphatic heterocycles. The zero-order valence-corrected chi connectivity index (χ0v) is 11.7. The Labute approximate surface area is 114 Å². The van der Waals surface area contributed by atoms with Crippen molar-refractivity contribution in [2.75, 3.05) is 19.4 Å². The van der Waals surface area contributed by atoms with Crippen LogP contribution >= 0.6 is 0 Å².